The van der Waals surface area contributed by atoms with Crippen molar-refractivity contribution in [3.05, 3.63) is 23.5 Å². The Morgan fingerprint density at radius 2 is 2.15 bits per heavy atom. The third-order valence-electron chi connectivity index (χ3n) is 1.71. The van der Waals surface area contributed by atoms with Crippen LogP contribution in [0.5, 0.6) is 0 Å². The number of nitrogens with two attached hydrogens (primary N) is 1. The van der Waals surface area contributed by atoms with E-state index >= 15 is 0 Å². The number of hydrogen-bond acceptors (Lipinski definition) is 2. The molecule has 76 valence electrons. The zero-order valence-corrected chi connectivity index (χ0v) is 9.36. The zero-order chi connectivity index (χ0) is 8.27. The lowest BCUT2D eigenvalue weighted by Crippen LogP contribution is -1.93. The van der Waals surface area contributed by atoms with Crippen LogP contribution in [-0.2, 0) is 7.05 Å². The molecule has 0 saturated heterocycles. The third kappa shape index (κ3) is 3.81. The predicted molar refractivity (Wildman–Crippen MR) is 60.5 cm³/mol. The van der Waals surface area contributed by atoms with E-state index in [-0.39, 0.29) is 24.8 Å². The molecule has 3 nitrogen and oxygen atoms in total. The molecule has 0 aromatic carbocycles. The van der Waals surface area contributed by atoms with Crippen LogP contribution in [0.2, 0.25) is 0 Å². The van der Waals surface area contributed by atoms with Gasteiger partial charge in [-0.2, -0.15) is 5.10 Å². The van der Waals surface area contributed by atoms with Gasteiger partial charge in [0.2, 0.25) is 0 Å². The van der Waals surface area contributed by atoms with Crippen molar-refractivity contribution in [2.75, 3.05) is 6.54 Å². The summed E-state index contributed by atoms with van der Waals surface area (Å²) >= 11 is 0. The Bertz CT molecular complexity index is 268. The molecule has 1 rings (SSSR count). The van der Waals surface area contributed by atoms with E-state index in [1.807, 2.05) is 37.0 Å². The summed E-state index contributed by atoms with van der Waals surface area (Å²) < 4.78 is 1.84. The highest BCUT2D eigenvalue weighted by molar-refractivity contribution is 5.85. The van der Waals surface area contributed by atoms with Gasteiger partial charge in [-0.05, 0) is 6.92 Å². The summed E-state index contributed by atoms with van der Waals surface area (Å²) in [6.45, 7) is 2.61. The Morgan fingerprint density at radius 1 is 1.54 bits per heavy atom. The second-order valence-electron chi connectivity index (χ2n) is 2.45. The second kappa shape index (κ2) is 6.95. The standard InChI is InChI=1S/C8H13N3.2ClH/c1-7-8(4-3-5-9)6-10-11(7)2;;/h3-4,6H,5,9H2,1-2H3;2*1H. The van der Waals surface area contributed by atoms with Crippen molar-refractivity contribution in [1.29, 1.82) is 0 Å². The fourth-order valence-corrected chi connectivity index (χ4v) is 0.874. The normalized spacial score (nSPS) is 9.46. The molecule has 0 aliphatic heterocycles. The van der Waals surface area contributed by atoms with Crippen LogP contribution >= 0.6 is 24.8 Å². The highest BCUT2D eigenvalue weighted by Crippen LogP contribution is 2.06. The number of aryl methyl sites for hydroxylation is 1. The van der Waals surface area contributed by atoms with Crippen molar-refractivity contribution in [3.8, 4) is 0 Å². The van der Waals surface area contributed by atoms with Gasteiger partial charge < -0.3 is 5.73 Å². The molecule has 0 amide bonds. The molecular weight excluding hydrogens is 209 g/mol. The van der Waals surface area contributed by atoms with Crippen LogP contribution in [0.4, 0.5) is 0 Å². The van der Waals surface area contributed by atoms with Gasteiger partial charge >= 0.3 is 0 Å². The molecule has 0 bridgehead atoms. The van der Waals surface area contributed by atoms with Gasteiger partial charge in [0.1, 0.15) is 0 Å². The Kier molecular flexibility index (Phi) is 8.01. The van der Waals surface area contributed by atoms with Crippen LogP contribution in [-0.4, -0.2) is 16.3 Å². The molecule has 2 N–H and O–H groups in total. The fraction of sp³-hybridized carbons (Fsp3) is 0.375. The second-order valence-corrected chi connectivity index (χ2v) is 2.45. The predicted octanol–water partition coefficient (Wildman–Crippen LogP) is 1.54. The molecule has 0 atom stereocenters. The van der Waals surface area contributed by atoms with Crippen molar-refractivity contribution in [1.82, 2.24) is 9.78 Å². The SMILES string of the molecule is Cc1c(C=CCN)cnn1C.Cl.Cl. The molecule has 13 heavy (non-hydrogen) atoms. The molecule has 0 aliphatic carbocycles. The minimum Gasteiger partial charge on any atom is -0.327 e. The van der Waals surface area contributed by atoms with E-state index in [1.54, 1.807) is 0 Å². The van der Waals surface area contributed by atoms with Crippen LogP contribution in [0, 0.1) is 6.92 Å². The topological polar surface area (TPSA) is 43.8 Å². The van der Waals surface area contributed by atoms with Crippen LogP contribution in [0.1, 0.15) is 11.3 Å². The Labute approximate surface area is 90.8 Å². The molecule has 1 aromatic rings. The van der Waals surface area contributed by atoms with Crippen LogP contribution < -0.4 is 5.73 Å². The van der Waals surface area contributed by atoms with E-state index < -0.39 is 0 Å². The quantitative estimate of drug-likeness (QED) is 0.828. The maximum absolute atomic E-state index is 5.32. The van der Waals surface area contributed by atoms with E-state index in [0.29, 0.717) is 6.54 Å². The Morgan fingerprint density at radius 3 is 2.54 bits per heavy atom. The van der Waals surface area contributed by atoms with Crippen molar-refractivity contribution in [2.24, 2.45) is 12.8 Å². The molecule has 0 fully saturated rings. The zero-order valence-electron chi connectivity index (χ0n) is 7.73. The van der Waals surface area contributed by atoms with Crippen molar-refractivity contribution in [3.63, 3.8) is 0 Å². The Hall–Kier alpha value is -0.510. The van der Waals surface area contributed by atoms with E-state index in [1.165, 1.54) is 0 Å². The first kappa shape index (κ1) is 15.0. The highest BCUT2D eigenvalue weighted by Gasteiger charge is 1.97. The highest BCUT2D eigenvalue weighted by atomic mass is 35.5. The van der Waals surface area contributed by atoms with Crippen molar-refractivity contribution >= 4 is 30.9 Å². The summed E-state index contributed by atoms with van der Waals surface area (Å²) in [6, 6.07) is 0. The summed E-state index contributed by atoms with van der Waals surface area (Å²) in [7, 11) is 1.93. The van der Waals surface area contributed by atoms with Gasteiger partial charge in [0.05, 0.1) is 6.20 Å². The van der Waals surface area contributed by atoms with E-state index in [9.17, 15) is 0 Å². The van der Waals surface area contributed by atoms with Gasteiger partial charge in [0.15, 0.2) is 0 Å². The monoisotopic (exact) mass is 223 g/mol. The first-order chi connectivity index (χ1) is 5.25. The van der Waals surface area contributed by atoms with Crippen LogP contribution in [0.25, 0.3) is 6.08 Å². The van der Waals surface area contributed by atoms with Crippen molar-refractivity contribution in [2.45, 2.75) is 6.92 Å². The maximum Gasteiger partial charge on any atom is 0.0564 e. The number of hydrogen-bond donors (Lipinski definition) is 1. The van der Waals surface area contributed by atoms with Gasteiger partial charge in [0, 0.05) is 24.8 Å². The summed E-state index contributed by atoms with van der Waals surface area (Å²) in [5, 5.41) is 4.09. The van der Waals surface area contributed by atoms with Gasteiger partial charge in [0.25, 0.3) is 0 Å². The summed E-state index contributed by atoms with van der Waals surface area (Å²) in [4.78, 5) is 0. The minimum atomic E-state index is 0. The molecule has 1 aromatic heterocycles. The number of nitrogens with zero attached hydrogens (tertiary/aromatic N) is 2. The maximum atomic E-state index is 5.32. The smallest absolute Gasteiger partial charge is 0.0564 e. The molecule has 0 spiro atoms. The molecule has 5 heteroatoms. The molecule has 0 aliphatic rings. The average molecular weight is 224 g/mol. The first-order valence-electron chi connectivity index (χ1n) is 3.61. The molecule has 1 heterocycles. The number of rotatable bonds is 2. The van der Waals surface area contributed by atoms with Gasteiger partial charge in [-0.1, -0.05) is 12.2 Å². The third-order valence-corrected chi connectivity index (χ3v) is 1.71. The lowest BCUT2D eigenvalue weighted by molar-refractivity contribution is 0.740. The van der Waals surface area contributed by atoms with E-state index in [4.69, 9.17) is 5.73 Å². The van der Waals surface area contributed by atoms with Gasteiger partial charge in [-0.3, -0.25) is 4.68 Å². The van der Waals surface area contributed by atoms with E-state index in [2.05, 4.69) is 5.10 Å². The lowest BCUT2D eigenvalue weighted by atomic mass is 10.2. The van der Waals surface area contributed by atoms with E-state index in [0.717, 1.165) is 11.3 Å². The number of halogens is 2. The summed E-state index contributed by atoms with van der Waals surface area (Å²) in [5.41, 5.74) is 7.62. The molecule has 0 saturated carbocycles. The fourth-order valence-electron chi connectivity index (χ4n) is 0.874. The largest absolute Gasteiger partial charge is 0.327 e. The average Bonchev–Trinajstić information content (AvgIpc) is 2.31. The van der Waals surface area contributed by atoms with Gasteiger partial charge in [-0.25, -0.2) is 0 Å². The minimum absolute atomic E-state index is 0. The Balaban J connectivity index is 0. The lowest BCUT2D eigenvalue weighted by Gasteiger charge is -1.92. The summed E-state index contributed by atoms with van der Waals surface area (Å²) in [6.07, 6.45) is 5.74. The molecule has 0 radical (unpaired) electrons. The molecular formula is C8H15Cl2N3. The van der Waals surface area contributed by atoms with Crippen LogP contribution in [0.15, 0.2) is 12.3 Å². The summed E-state index contributed by atoms with van der Waals surface area (Å²) in [5.74, 6) is 0. The van der Waals surface area contributed by atoms with Crippen molar-refractivity contribution < 1.29 is 0 Å². The van der Waals surface area contributed by atoms with Gasteiger partial charge in [-0.15, -0.1) is 24.8 Å². The van der Waals surface area contributed by atoms with Crippen LogP contribution in [0.3, 0.4) is 0 Å². The molecule has 0 unspecified atom stereocenters. The number of aromatic nitrogens is 2. The first-order valence-corrected chi connectivity index (χ1v) is 3.61.